The van der Waals surface area contributed by atoms with Crippen LogP contribution in [0.25, 0.3) is 0 Å². The molecule has 0 aliphatic rings. The monoisotopic (exact) mass is 285 g/mol. The smallest absolute Gasteiger partial charge is 0.144 e. The minimum atomic E-state index is 0.437. The molecule has 2 rings (SSSR count). The van der Waals surface area contributed by atoms with E-state index in [4.69, 9.17) is 4.74 Å². The zero-order valence-corrected chi connectivity index (χ0v) is 13.2. The molecule has 0 amide bonds. The van der Waals surface area contributed by atoms with Gasteiger partial charge in [-0.25, -0.2) is 4.98 Å². The van der Waals surface area contributed by atoms with Gasteiger partial charge in [0.05, 0.1) is 18.1 Å². The van der Waals surface area contributed by atoms with Crippen LogP contribution in [0.5, 0.6) is 5.75 Å². The third-order valence-corrected chi connectivity index (χ3v) is 3.50. The molecule has 4 heteroatoms. The molecule has 0 unspecified atom stereocenters. The van der Waals surface area contributed by atoms with Crippen LogP contribution in [-0.4, -0.2) is 16.5 Å². The Morgan fingerprint density at radius 2 is 1.81 bits per heavy atom. The lowest BCUT2D eigenvalue weighted by Crippen LogP contribution is -2.05. The molecule has 21 heavy (non-hydrogen) atoms. The van der Waals surface area contributed by atoms with Gasteiger partial charge < -0.3 is 10.1 Å². The summed E-state index contributed by atoms with van der Waals surface area (Å²) in [6.07, 6.45) is 4.58. The zero-order valence-electron chi connectivity index (χ0n) is 13.2. The Kier molecular flexibility index (Phi) is 5.14. The summed E-state index contributed by atoms with van der Waals surface area (Å²) in [6.45, 7) is 9.70. The second kappa shape index (κ2) is 7.07. The van der Waals surface area contributed by atoms with E-state index >= 15 is 0 Å². The summed E-state index contributed by atoms with van der Waals surface area (Å²) in [5, 5.41) is 3.21. The molecule has 0 radical (unpaired) electrons. The molecule has 112 valence electrons. The van der Waals surface area contributed by atoms with Crippen molar-refractivity contribution in [2.24, 2.45) is 0 Å². The summed E-state index contributed by atoms with van der Waals surface area (Å²) in [5.74, 6) is 1.76. The molecular weight excluding hydrogens is 262 g/mol. The number of ether oxygens (including phenoxy) is 1. The van der Waals surface area contributed by atoms with E-state index in [1.807, 2.05) is 0 Å². The number of anilines is 1. The van der Waals surface area contributed by atoms with Crippen molar-refractivity contribution in [3.63, 3.8) is 0 Å². The van der Waals surface area contributed by atoms with Crippen LogP contribution in [0.2, 0.25) is 0 Å². The van der Waals surface area contributed by atoms with Crippen molar-refractivity contribution in [2.45, 2.75) is 40.7 Å². The van der Waals surface area contributed by atoms with Gasteiger partial charge in [0.15, 0.2) is 0 Å². The van der Waals surface area contributed by atoms with Gasteiger partial charge in [0.25, 0.3) is 0 Å². The Bertz CT molecular complexity index is 594. The van der Waals surface area contributed by atoms with Gasteiger partial charge in [-0.3, -0.25) is 4.98 Å². The van der Waals surface area contributed by atoms with Crippen molar-refractivity contribution < 1.29 is 4.74 Å². The molecule has 0 bridgehead atoms. The molecule has 2 aromatic rings. The number of aromatic nitrogens is 2. The lowest BCUT2D eigenvalue weighted by Gasteiger charge is -2.13. The highest BCUT2D eigenvalue weighted by atomic mass is 16.5. The fourth-order valence-electron chi connectivity index (χ4n) is 2.07. The standard InChI is InChI=1S/C17H23N3O/c1-5-8-18-16-10-19-15(9-20-16)11-21-17-13(3)7-6-12(2)14(17)4/h6-7,9-10H,5,8,11H2,1-4H3,(H,18,20). The number of benzene rings is 1. The van der Waals surface area contributed by atoms with Gasteiger partial charge in [0, 0.05) is 6.54 Å². The first kappa shape index (κ1) is 15.3. The van der Waals surface area contributed by atoms with Gasteiger partial charge in [-0.2, -0.15) is 0 Å². The van der Waals surface area contributed by atoms with Gasteiger partial charge in [0.2, 0.25) is 0 Å². The summed E-state index contributed by atoms with van der Waals surface area (Å²) >= 11 is 0. The van der Waals surface area contributed by atoms with Gasteiger partial charge in [-0.05, 0) is 43.9 Å². The van der Waals surface area contributed by atoms with Gasteiger partial charge in [-0.15, -0.1) is 0 Å². The quantitative estimate of drug-likeness (QED) is 0.877. The highest BCUT2D eigenvalue weighted by molar-refractivity contribution is 5.44. The summed E-state index contributed by atoms with van der Waals surface area (Å²) in [7, 11) is 0. The molecule has 0 spiro atoms. The van der Waals surface area contributed by atoms with Crippen LogP contribution in [0.15, 0.2) is 24.5 Å². The Morgan fingerprint density at radius 1 is 1.05 bits per heavy atom. The van der Waals surface area contributed by atoms with Gasteiger partial charge in [0.1, 0.15) is 18.2 Å². The molecule has 0 saturated carbocycles. The number of aryl methyl sites for hydroxylation is 2. The fraction of sp³-hybridized carbons (Fsp3) is 0.412. The lowest BCUT2D eigenvalue weighted by atomic mass is 10.1. The summed E-state index contributed by atoms with van der Waals surface area (Å²) in [5.41, 5.74) is 4.40. The number of nitrogens with one attached hydrogen (secondary N) is 1. The highest BCUT2D eigenvalue weighted by Crippen LogP contribution is 2.26. The number of nitrogens with zero attached hydrogens (tertiary/aromatic N) is 2. The van der Waals surface area contributed by atoms with Gasteiger partial charge in [-0.1, -0.05) is 19.1 Å². The van der Waals surface area contributed by atoms with Crippen LogP contribution in [0.4, 0.5) is 5.82 Å². The van der Waals surface area contributed by atoms with Crippen molar-refractivity contribution in [3.05, 3.63) is 46.9 Å². The largest absolute Gasteiger partial charge is 0.487 e. The molecule has 4 nitrogen and oxygen atoms in total. The normalized spacial score (nSPS) is 10.5. The molecule has 0 saturated heterocycles. The topological polar surface area (TPSA) is 47.0 Å². The maximum Gasteiger partial charge on any atom is 0.144 e. The second-order valence-corrected chi connectivity index (χ2v) is 5.26. The second-order valence-electron chi connectivity index (χ2n) is 5.26. The minimum absolute atomic E-state index is 0.437. The van der Waals surface area contributed by atoms with Crippen molar-refractivity contribution in [2.75, 3.05) is 11.9 Å². The molecule has 0 fully saturated rings. The van der Waals surface area contributed by atoms with E-state index in [1.54, 1.807) is 12.4 Å². The number of rotatable bonds is 6. The third kappa shape index (κ3) is 3.94. The van der Waals surface area contributed by atoms with E-state index < -0.39 is 0 Å². The average Bonchev–Trinajstić information content (AvgIpc) is 2.50. The van der Waals surface area contributed by atoms with Gasteiger partial charge >= 0.3 is 0 Å². The highest BCUT2D eigenvalue weighted by Gasteiger charge is 2.07. The summed E-state index contributed by atoms with van der Waals surface area (Å²) in [4.78, 5) is 8.72. The van der Waals surface area contributed by atoms with E-state index in [0.717, 1.165) is 35.8 Å². The Balaban J connectivity index is 2.02. The molecule has 0 aliphatic carbocycles. The van der Waals surface area contributed by atoms with E-state index in [0.29, 0.717) is 6.61 Å². The number of hydrogen-bond acceptors (Lipinski definition) is 4. The van der Waals surface area contributed by atoms with E-state index in [9.17, 15) is 0 Å². The van der Waals surface area contributed by atoms with Crippen molar-refractivity contribution >= 4 is 5.82 Å². The zero-order chi connectivity index (χ0) is 15.2. The van der Waals surface area contributed by atoms with Crippen molar-refractivity contribution in [1.29, 1.82) is 0 Å². The summed E-state index contributed by atoms with van der Waals surface area (Å²) in [6, 6.07) is 4.20. The van der Waals surface area contributed by atoms with Crippen molar-refractivity contribution in [1.82, 2.24) is 9.97 Å². The molecule has 1 heterocycles. The van der Waals surface area contributed by atoms with Crippen LogP contribution in [0, 0.1) is 20.8 Å². The Labute approximate surface area is 126 Å². The maximum atomic E-state index is 5.93. The Morgan fingerprint density at radius 3 is 2.48 bits per heavy atom. The van der Waals surface area contributed by atoms with E-state index in [1.165, 1.54) is 11.1 Å². The van der Waals surface area contributed by atoms with E-state index in [2.05, 4.69) is 55.1 Å². The SMILES string of the molecule is CCCNc1cnc(COc2c(C)ccc(C)c2C)cn1. The minimum Gasteiger partial charge on any atom is -0.487 e. The molecule has 1 N–H and O–H groups in total. The van der Waals surface area contributed by atoms with Crippen LogP contribution >= 0.6 is 0 Å². The van der Waals surface area contributed by atoms with Crippen molar-refractivity contribution in [3.8, 4) is 5.75 Å². The third-order valence-electron chi connectivity index (χ3n) is 3.50. The first-order valence-corrected chi connectivity index (χ1v) is 7.36. The lowest BCUT2D eigenvalue weighted by molar-refractivity contribution is 0.296. The number of hydrogen-bond donors (Lipinski definition) is 1. The predicted octanol–water partition coefficient (Wildman–Crippen LogP) is 3.80. The van der Waals surface area contributed by atoms with E-state index in [-0.39, 0.29) is 0 Å². The van der Waals surface area contributed by atoms with Crippen LogP contribution < -0.4 is 10.1 Å². The molecule has 1 aromatic carbocycles. The summed E-state index contributed by atoms with van der Waals surface area (Å²) < 4.78 is 5.93. The molecule has 0 aliphatic heterocycles. The first-order valence-electron chi connectivity index (χ1n) is 7.36. The Hall–Kier alpha value is -2.10. The van der Waals surface area contributed by atoms with Crippen LogP contribution in [0.1, 0.15) is 35.7 Å². The first-order chi connectivity index (χ1) is 10.1. The maximum absolute atomic E-state index is 5.93. The molecule has 0 atom stereocenters. The van der Waals surface area contributed by atoms with Crippen LogP contribution in [0.3, 0.4) is 0 Å². The average molecular weight is 285 g/mol. The predicted molar refractivity (Wildman–Crippen MR) is 85.8 cm³/mol. The fourth-order valence-corrected chi connectivity index (χ4v) is 2.07. The molecule has 1 aromatic heterocycles. The molecular formula is C17H23N3O. The van der Waals surface area contributed by atoms with Crippen LogP contribution in [-0.2, 0) is 6.61 Å².